The van der Waals surface area contributed by atoms with Crippen LogP contribution in [-0.4, -0.2) is 0 Å². The van der Waals surface area contributed by atoms with Crippen molar-refractivity contribution in [2.75, 3.05) is 0 Å². The summed E-state index contributed by atoms with van der Waals surface area (Å²) in [7, 11) is 0. The topological polar surface area (TPSA) is 39.2 Å². The number of nitrogens with two attached hydrogens (primary N) is 1. The molecule has 1 saturated carbocycles. The van der Waals surface area contributed by atoms with Crippen LogP contribution >= 0.6 is 0 Å². The van der Waals surface area contributed by atoms with Crippen molar-refractivity contribution in [3.8, 4) is 0 Å². The highest BCUT2D eigenvalue weighted by atomic mass is 16.3. The van der Waals surface area contributed by atoms with Crippen molar-refractivity contribution in [1.82, 2.24) is 0 Å². The Labute approximate surface area is 79.1 Å². The zero-order valence-electron chi connectivity index (χ0n) is 8.18. The molecule has 0 amide bonds. The summed E-state index contributed by atoms with van der Waals surface area (Å²) in [6, 6.07) is 2.03. The van der Waals surface area contributed by atoms with Crippen molar-refractivity contribution in [2.24, 2.45) is 5.73 Å². The van der Waals surface area contributed by atoms with E-state index in [-0.39, 0.29) is 5.54 Å². The number of furan rings is 1. The third-order valence-electron chi connectivity index (χ3n) is 3.14. The monoisotopic (exact) mass is 179 g/mol. The molecule has 0 atom stereocenters. The molecule has 2 heteroatoms. The van der Waals surface area contributed by atoms with Crippen molar-refractivity contribution in [2.45, 2.75) is 44.6 Å². The molecule has 0 spiro atoms. The van der Waals surface area contributed by atoms with Crippen LogP contribution in [0.25, 0.3) is 0 Å². The van der Waals surface area contributed by atoms with Crippen molar-refractivity contribution in [1.29, 1.82) is 0 Å². The van der Waals surface area contributed by atoms with E-state index in [0.29, 0.717) is 0 Å². The fourth-order valence-electron chi connectivity index (χ4n) is 2.35. The van der Waals surface area contributed by atoms with Crippen molar-refractivity contribution >= 4 is 0 Å². The predicted octanol–water partition coefficient (Wildman–Crippen LogP) is 2.71. The Bertz CT molecular complexity index is 284. The minimum atomic E-state index is -0.102. The second kappa shape index (κ2) is 3.18. The first-order chi connectivity index (χ1) is 6.22. The molecule has 1 aromatic heterocycles. The van der Waals surface area contributed by atoms with Gasteiger partial charge in [0.2, 0.25) is 0 Å². The molecule has 0 unspecified atom stereocenters. The summed E-state index contributed by atoms with van der Waals surface area (Å²) in [4.78, 5) is 0. The summed E-state index contributed by atoms with van der Waals surface area (Å²) < 4.78 is 5.30. The Morgan fingerprint density at radius 1 is 1.31 bits per heavy atom. The molecule has 2 nitrogen and oxygen atoms in total. The molecule has 1 heterocycles. The molecule has 1 fully saturated rings. The summed E-state index contributed by atoms with van der Waals surface area (Å²) in [5.41, 5.74) is 7.48. The molecule has 72 valence electrons. The average molecular weight is 179 g/mol. The highest BCUT2D eigenvalue weighted by Gasteiger charge is 2.31. The second-order valence-corrected chi connectivity index (χ2v) is 4.11. The first kappa shape index (κ1) is 8.82. The molecule has 13 heavy (non-hydrogen) atoms. The summed E-state index contributed by atoms with van der Waals surface area (Å²) >= 11 is 0. The lowest BCUT2D eigenvalue weighted by molar-refractivity contribution is 0.298. The van der Waals surface area contributed by atoms with E-state index in [4.69, 9.17) is 10.2 Å². The standard InChI is InChI=1S/C11H17NO/c1-9-10(5-8-13-9)11(12)6-3-2-4-7-11/h5,8H,2-4,6-7,12H2,1H3. The number of hydrogen-bond acceptors (Lipinski definition) is 2. The predicted molar refractivity (Wildman–Crippen MR) is 52.4 cm³/mol. The summed E-state index contributed by atoms with van der Waals surface area (Å²) in [6.45, 7) is 2.00. The van der Waals surface area contributed by atoms with Crippen LogP contribution in [0, 0.1) is 6.92 Å². The Morgan fingerprint density at radius 3 is 2.54 bits per heavy atom. The normalized spacial score (nSPS) is 21.7. The number of aryl methyl sites for hydroxylation is 1. The van der Waals surface area contributed by atoms with E-state index in [9.17, 15) is 0 Å². The first-order valence-corrected chi connectivity index (χ1v) is 5.06. The lowest BCUT2D eigenvalue weighted by atomic mass is 9.77. The van der Waals surface area contributed by atoms with Gasteiger partial charge in [-0.15, -0.1) is 0 Å². The highest BCUT2D eigenvalue weighted by Crippen LogP contribution is 2.36. The molecule has 2 rings (SSSR count). The molecule has 2 N–H and O–H groups in total. The van der Waals surface area contributed by atoms with Gasteiger partial charge in [-0.1, -0.05) is 19.3 Å². The van der Waals surface area contributed by atoms with Gasteiger partial charge in [-0.3, -0.25) is 0 Å². The fourth-order valence-corrected chi connectivity index (χ4v) is 2.35. The van der Waals surface area contributed by atoms with Gasteiger partial charge in [0.05, 0.1) is 6.26 Å². The van der Waals surface area contributed by atoms with Crippen LogP contribution in [0.1, 0.15) is 43.4 Å². The summed E-state index contributed by atoms with van der Waals surface area (Å²) in [5, 5.41) is 0. The van der Waals surface area contributed by atoms with Crippen LogP contribution < -0.4 is 5.73 Å². The van der Waals surface area contributed by atoms with Crippen LogP contribution in [0.15, 0.2) is 16.7 Å². The van der Waals surface area contributed by atoms with Crippen molar-refractivity contribution in [3.63, 3.8) is 0 Å². The lowest BCUT2D eigenvalue weighted by Crippen LogP contribution is -2.38. The van der Waals surface area contributed by atoms with Crippen LogP contribution in [0.2, 0.25) is 0 Å². The van der Waals surface area contributed by atoms with Gasteiger partial charge in [0.1, 0.15) is 5.76 Å². The maximum Gasteiger partial charge on any atom is 0.105 e. The Morgan fingerprint density at radius 2 is 2.00 bits per heavy atom. The molecule has 0 aliphatic heterocycles. The van der Waals surface area contributed by atoms with E-state index in [1.807, 2.05) is 13.0 Å². The van der Waals surface area contributed by atoms with Gasteiger partial charge in [0.25, 0.3) is 0 Å². The molecular weight excluding hydrogens is 162 g/mol. The van der Waals surface area contributed by atoms with Crippen LogP contribution in [-0.2, 0) is 5.54 Å². The van der Waals surface area contributed by atoms with Gasteiger partial charge < -0.3 is 10.2 Å². The maximum atomic E-state index is 6.37. The van der Waals surface area contributed by atoms with Gasteiger partial charge >= 0.3 is 0 Å². The minimum absolute atomic E-state index is 0.102. The zero-order chi connectivity index (χ0) is 9.31. The van der Waals surface area contributed by atoms with E-state index in [0.717, 1.165) is 18.6 Å². The Hall–Kier alpha value is -0.760. The van der Waals surface area contributed by atoms with E-state index in [2.05, 4.69) is 0 Å². The van der Waals surface area contributed by atoms with Gasteiger partial charge in [-0.05, 0) is 25.8 Å². The molecular formula is C11H17NO. The van der Waals surface area contributed by atoms with Gasteiger partial charge in [0, 0.05) is 11.1 Å². The molecule has 1 aliphatic rings. The van der Waals surface area contributed by atoms with Crippen LogP contribution in [0.5, 0.6) is 0 Å². The van der Waals surface area contributed by atoms with Crippen LogP contribution in [0.4, 0.5) is 0 Å². The number of rotatable bonds is 1. The number of hydrogen-bond donors (Lipinski definition) is 1. The van der Waals surface area contributed by atoms with Gasteiger partial charge in [-0.2, -0.15) is 0 Å². The Kier molecular flexibility index (Phi) is 2.16. The van der Waals surface area contributed by atoms with E-state index < -0.39 is 0 Å². The lowest BCUT2D eigenvalue weighted by Gasteiger charge is -2.33. The van der Waals surface area contributed by atoms with Crippen LogP contribution in [0.3, 0.4) is 0 Å². The maximum absolute atomic E-state index is 6.37. The van der Waals surface area contributed by atoms with E-state index in [1.54, 1.807) is 6.26 Å². The smallest absolute Gasteiger partial charge is 0.105 e. The minimum Gasteiger partial charge on any atom is -0.469 e. The summed E-state index contributed by atoms with van der Waals surface area (Å²) in [6.07, 6.45) is 7.78. The molecule has 0 radical (unpaired) electrons. The average Bonchev–Trinajstić information content (AvgIpc) is 2.53. The van der Waals surface area contributed by atoms with Gasteiger partial charge in [0.15, 0.2) is 0 Å². The van der Waals surface area contributed by atoms with E-state index >= 15 is 0 Å². The molecule has 1 aromatic rings. The quantitative estimate of drug-likeness (QED) is 0.720. The van der Waals surface area contributed by atoms with Crippen molar-refractivity contribution in [3.05, 3.63) is 23.7 Å². The van der Waals surface area contributed by atoms with E-state index in [1.165, 1.54) is 24.8 Å². The Balaban J connectivity index is 2.27. The highest BCUT2D eigenvalue weighted by molar-refractivity contribution is 5.25. The third kappa shape index (κ3) is 1.51. The molecule has 1 aliphatic carbocycles. The molecule has 0 bridgehead atoms. The largest absolute Gasteiger partial charge is 0.469 e. The SMILES string of the molecule is Cc1occc1C1(N)CCCCC1. The first-order valence-electron chi connectivity index (χ1n) is 5.06. The molecule has 0 aromatic carbocycles. The third-order valence-corrected chi connectivity index (χ3v) is 3.14. The van der Waals surface area contributed by atoms with Gasteiger partial charge in [-0.25, -0.2) is 0 Å². The summed E-state index contributed by atoms with van der Waals surface area (Å²) in [5.74, 6) is 0.990. The second-order valence-electron chi connectivity index (χ2n) is 4.11. The molecule has 0 saturated heterocycles. The van der Waals surface area contributed by atoms with Crippen molar-refractivity contribution < 1.29 is 4.42 Å². The fraction of sp³-hybridized carbons (Fsp3) is 0.636. The zero-order valence-corrected chi connectivity index (χ0v) is 8.18.